The normalized spacial score (nSPS) is 18.6. The van der Waals surface area contributed by atoms with Crippen LogP contribution in [0.25, 0.3) is 0 Å². The molecule has 2 aromatic rings. The van der Waals surface area contributed by atoms with Crippen LogP contribution in [0.4, 0.5) is 14.9 Å². The SMILES string of the molecule is O=C(Nc1c(F)cc(Br)cc1Br)N1CC(=O)N2CCc3ccc(Cl)cc3[C@@H]2C1. The number of piperazine rings is 1. The molecule has 5 nitrogen and oxygen atoms in total. The van der Waals surface area contributed by atoms with Gasteiger partial charge in [-0.3, -0.25) is 4.79 Å². The molecule has 0 radical (unpaired) electrons. The Labute approximate surface area is 183 Å². The first-order valence-electron chi connectivity index (χ1n) is 8.62. The van der Waals surface area contributed by atoms with Gasteiger partial charge in [-0.1, -0.05) is 33.6 Å². The molecule has 2 aliphatic heterocycles. The number of nitrogens with zero attached hydrogens (tertiary/aromatic N) is 2. The van der Waals surface area contributed by atoms with E-state index in [0.29, 0.717) is 27.1 Å². The first-order chi connectivity index (χ1) is 13.3. The highest BCUT2D eigenvalue weighted by Crippen LogP contribution is 2.35. The molecule has 28 heavy (non-hydrogen) atoms. The topological polar surface area (TPSA) is 52.7 Å². The first kappa shape index (κ1) is 19.7. The number of nitrogens with one attached hydrogen (secondary N) is 1. The molecule has 0 unspecified atom stereocenters. The molecule has 2 heterocycles. The lowest BCUT2D eigenvalue weighted by Gasteiger charge is -2.44. The summed E-state index contributed by atoms with van der Waals surface area (Å²) < 4.78 is 15.2. The fourth-order valence-corrected chi connectivity index (χ4v) is 5.15. The van der Waals surface area contributed by atoms with Crippen LogP contribution < -0.4 is 5.32 Å². The van der Waals surface area contributed by atoms with Crippen LogP contribution in [0.5, 0.6) is 0 Å². The van der Waals surface area contributed by atoms with Crippen LogP contribution >= 0.6 is 43.5 Å². The van der Waals surface area contributed by atoms with Crippen molar-refractivity contribution in [3.8, 4) is 0 Å². The van der Waals surface area contributed by atoms with Gasteiger partial charge in [0.05, 0.1) is 11.7 Å². The number of amides is 3. The predicted octanol–water partition coefficient (Wildman–Crippen LogP) is 4.98. The lowest BCUT2D eigenvalue weighted by atomic mass is 9.91. The summed E-state index contributed by atoms with van der Waals surface area (Å²) >= 11 is 12.6. The average Bonchev–Trinajstić information content (AvgIpc) is 2.64. The van der Waals surface area contributed by atoms with Gasteiger partial charge in [-0.2, -0.15) is 0 Å². The van der Waals surface area contributed by atoms with Crippen LogP contribution in [-0.2, 0) is 11.2 Å². The van der Waals surface area contributed by atoms with Gasteiger partial charge in [0, 0.05) is 27.1 Å². The van der Waals surface area contributed by atoms with Crippen molar-refractivity contribution in [3.63, 3.8) is 0 Å². The van der Waals surface area contributed by atoms with E-state index in [4.69, 9.17) is 11.6 Å². The summed E-state index contributed by atoms with van der Waals surface area (Å²) in [5.41, 5.74) is 2.12. The lowest BCUT2D eigenvalue weighted by Crippen LogP contribution is -2.56. The van der Waals surface area contributed by atoms with Crippen molar-refractivity contribution in [1.82, 2.24) is 9.80 Å². The molecule has 1 atom stereocenters. The van der Waals surface area contributed by atoms with Crippen LogP contribution in [-0.4, -0.2) is 41.4 Å². The number of halogens is 4. The van der Waals surface area contributed by atoms with Gasteiger partial charge in [0.15, 0.2) is 0 Å². The molecule has 1 saturated heterocycles. The van der Waals surface area contributed by atoms with Gasteiger partial charge in [-0.25, -0.2) is 9.18 Å². The largest absolute Gasteiger partial charge is 0.332 e. The van der Waals surface area contributed by atoms with Gasteiger partial charge < -0.3 is 15.1 Å². The molecule has 2 aliphatic rings. The Hall–Kier alpha value is -1.64. The molecule has 9 heteroatoms. The Morgan fingerprint density at radius 1 is 1.25 bits per heavy atom. The predicted molar refractivity (Wildman–Crippen MR) is 112 cm³/mol. The van der Waals surface area contributed by atoms with E-state index in [1.54, 1.807) is 11.0 Å². The Morgan fingerprint density at radius 3 is 2.79 bits per heavy atom. The highest BCUT2D eigenvalue weighted by atomic mass is 79.9. The first-order valence-corrected chi connectivity index (χ1v) is 10.6. The second kappa shape index (κ2) is 7.65. The number of hydrogen-bond acceptors (Lipinski definition) is 2. The number of hydrogen-bond donors (Lipinski definition) is 1. The van der Waals surface area contributed by atoms with E-state index in [1.807, 2.05) is 18.2 Å². The summed E-state index contributed by atoms with van der Waals surface area (Å²) in [6.45, 7) is 0.884. The number of urea groups is 1. The lowest BCUT2D eigenvalue weighted by molar-refractivity contribution is -0.139. The molecule has 2 aromatic carbocycles. The van der Waals surface area contributed by atoms with E-state index in [9.17, 15) is 14.0 Å². The van der Waals surface area contributed by atoms with Gasteiger partial charge in [0.2, 0.25) is 5.91 Å². The van der Waals surface area contributed by atoms with Crippen molar-refractivity contribution in [2.24, 2.45) is 0 Å². The Balaban J connectivity index is 1.59. The van der Waals surface area contributed by atoms with E-state index >= 15 is 0 Å². The quantitative estimate of drug-likeness (QED) is 0.565. The van der Waals surface area contributed by atoms with Crippen molar-refractivity contribution in [2.75, 3.05) is 25.0 Å². The van der Waals surface area contributed by atoms with E-state index in [2.05, 4.69) is 37.2 Å². The molecule has 0 aliphatic carbocycles. The fourth-order valence-electron chi connectivity index (χ4n) is 3.69. The molecule has 0 bridgehead atoms. The van der Waals surface area contributed by atoms with Gasteiger partial charge in [-0.15, -0.1) is 0 Å². The maximum atomic E-state index is 14.2. The molecule has 3 amide bonds. The van der Waals surface area contributed by atoms with E-state index in [0.717, 1.165) is 17.5 Å². The minimum atomic E-state index is -0.575. The maximum Gasteiger partial charge on any atom is 0.322 e. The Bertz CT molecular complexity index is 965. The van der Waals surface area contributed by atoms with Crippen molar-refractivity contribution < 1.29 is 14.0 Å². The van der Waals surface area contributed by atoms with Crippen molar-refractivity contribution in [3.05, 3.63) is 61.2 Å². The zero-order valence-corrected chi connectivity index (χ0v) is 18.4. The molecule has 0 spiro atoms. The van der Waals surface area contributed by atoms with Crippen molar-refractivity contribution >= 4 is 61.1 Å². The third kappa shape index (κ3) is 3.65. The molecule has 0 aromatic heterocycles. The molecular formula is C19H15Br2ClFN3O2. The summed E-state index contributed by atoms with van der Waals surface area (Å²) in [7, 11) is 0. The number of anilines is 1. The van der Waals surface area contributed by atoms with Crippen molar-refractivity contribution in [1.29, 1.82) is 0 Å². The summed E-state index contributed by atoms with van der Waals surface area (Å²) in [6, 6.07) is 7.78. The minimum absolute atomic E-state index is 0.0372. The second-order valence-electron chi connectivity index (χ2n) is 6.75. The number of fused-ring (bicyclic) bond motifs is 3. The van der Waals surface area contributed by atoms with Gasteiger partial charge in [0.1, 0.15) is 12.4 Å². The van der Waals surface area contributed by atoms with E-state index in [1.165, 1.54) is 11.0 Å². The molecule has 146 valence electrons. The average molecular weight is 532 g/mol. The van der Waals surface area contributed by atoms with Crippen LogP contribution in [0, 0.1) is 5.82 Å². The highest BCUT2D eigenvalue weighted by Gasteiger charge is 2.38. The molecule has 1 fully saturated rings. The monoisotopic (exact) mass is 529 g/mol. The molecular weight excluding hydrogens is 516 g/mol. The van der Waals surface area contributed by atoms with E-state index in [-0.39, 0.29) is 24.2 Å². The zero-order valence-electron chi connectivity index (χ0n) is 14.5. The molecule has 0 saturated carbocycles. The number of benzene rings is 2. The van der Waals surface area contributed by atoms with Crippen LogP contribution in [0.2, 0.25) is 5.02 Å². The maximum absolute atomic E-state index is 14.2. The van der Waals surface area contributed by atoms with Crippen LogP contribution in [0.3, 0.4) is 0 Å². The van der Waals surface area contributed by atoms with Gasteiger partial charge >= 0.3 is 6.03 Å². The smallest absolute Gasteiger partial charge is 0.322 e. The van der Waals surface area contributed by atoms with E-state index < -0.39 is 11.8 Å². The fraction of sp³-hybridized carbons (Fsp3) is 0.263. The summed E-state index contributed by atoms with van der Waals surface area (Å²) in [5.74, 6) is -0.707. The van der Waals surface area contributed by atoms with Crippen molar-refractivity contribution in [2.45, 2.75) is 12.5 Å². The number of carbonyl (C=O) groups is 2. The number of carbonyl (C=O) groups excluding carboxylic acids is 2. The minimum Gasteiger partial charge on any atom is -0.332 e. The molecule has 1 N–H and O–H groups in total. The summed E-state index contributed by atoms with van der Waals surface area (Å²) in [4.78, 5) is 28.6. The standard InChI is InChI=1S/C19H15Br2ClFN3O2/c20-11-5-14(21)18(15(23)6-11)24-19(28)25-8-16-13-7-12(22)2-1-10(13)3-4-26(16)17(27)9-25/h1-2,5-7,16H,3-4,8-9H2,(H,24,28)/t16-/m0/s1. The second-order valence-corrected chi connectivity index (χ2v) is 8.96. The van der Waals surface area contributed by atoms with Crippen LogP contribution in [0.15, 0.2) is 39.3 Å². The summed E-state index contributed by atoms with van der Waals surface area (Å²) in [6.07, 6.45) is 0.762. The van der Waals surface area contributed by atoms with Gasteiger partial charge in [0.25, 0.3) is 0 Å². The van der Waals surface area contributed by atoms with Gasteiger partial charge in [-0.05, 0) is 57.7 Å². The Kier molecular flexibility index (Phi) is 5.37. The third-order valence-electron chi connectivity index (χ3n) is 5.03. The number of rotatable bonds is 1. The zero-order chi connectivity index (χ0) is 20.0. The Morgan fingerprint density at radius 2 is 2.04 bits per heavy atom. The molecule has 4 rings (SSSR count). The van der Waals surface area contributed by atoms with Crippen LogP contribution in [0.1, 0.15) is 17.2 Å². The summed E-state index contributed by atoms with van der Waals surface area (Å²) in [5, 5.41) is 3.17. The third-order valence-corrected chi connectivity index (χ3v) is 6.35. The highest BCUT2D eigenvalue weighted by molar-refractivity contribution is 9.11.